The fourth-order valence-corrected chi connectivity index (χ4v) is 11.7. The molecule has 31 nitrogen and oxygen atoms in total. The summed E-state index contributed by atoms with van der Waals surface area (Å²) in [7, 11) is 0. The summed E-state index contributed by atoms with van der Waals surface area (Å²) >= 11 is 0. The van der Waals surface area contributed by atoms with Crippen LogP contribution in [0.2, 0.25) is 0 Å². The normalized spacial score (nSPS) is 18.0. The molecule has 758 valence electrons. The van der Waals surface area contributed by atoms with Crippen molar-refractivity contribution in [1.82, 2.24) is 0 Å². The Labute approximate surface area is 793 Å². The first kappa shape index (κ1) is 121. The van der Waals surface area contributed by atoms with Crippen LogP contribution in [0.1, 0.15) is 183 Å². The van der Waals surface area contributed by atoms with Crippen molar-refractivity contribution in [2.24, 2.45) is 48.7 Å². The van der Waals surface area contributed by atoms with E-state index in [4.69, 9.17) is 109 Å². The Morgan fingerprint density at radius 2 is 0.617 bits per heavy atom. The second-order valence-corrected chi connectivity index (χ2v) is 37.4. The van der Waals surface area contributed by atoms with E-state index in [1.807, 2.05) is 27.7 Å². The highest BCUT2D eigenvalue weighted by molar-refractivity contribution is 5.90. The largest absolute Gasteiger partial charge is 0.493 e. The van der Waals surface area contributed by atoms with Gasteiger partial charge in [0.2, 0.25) is 0 Å². The number of esters is 8. The first-order valence-corrected chi connectivity index (χ1v) is 46.4. The van der Waals surface area contributed by atoms with Crippen molar-refractivity contribution < 1.29 is 147 Å². The van der Waals surface area contributed by atoms with Gasteiger partial charge in [-0.2, -0.15) is 0 Å². The average Bonchev–Trinajstić information content (AvgIpc) is 0.817. The average molecular weight is 1890 g/mol. The molecule has 0 N–H and O–H groups in total. The minimum Gasteiger partial charge on any atom is -0.493 e. The molecule has 2 unspecified atom stereocenters. The second kappa shape index (κ2) is 62.8. The molecule has 1 aromatic carbocycles. The quantitative estimate of drug-likeness (QED) is 0.0192. The third-order valence-corrected chi connectivity index (χ3v) is 23.5. The van der Waals surface area contributed by atoms with Gasteiger partial charge in [0, 0.05) is 77.6 Å². The minimum atomic E-state index is -0.421. The lowest BCUT2D eigenvalue weighted by Crippen LogP contribution is -2.46. The highest BCUT2D eigenvalue weighted by atomic mass is 16.6. The Hall–Kier alpha value is -7.86. The summed E-state index contributed by atoms with van der Waals surface area (Å²) in [6.45, 7) is 85.3. The molecule has 0 aliphatic carbocycles. The van der Waals surface area contributed by atoms with Gasteiger partial charge in [0.05, 0.1) is 214 Å². The van der Waals surface area contributed by atoms with Gasteiger partial charge in [-0.15, -0.1) is 0 Å². The smallest absolute Gasteiger partial charge is 0.338 e. The molecule has 0 saturated carbocycles. The predicted octanol–water partition coefficient (Wildman–Crippen LogP) is 15.2. The third kappa shape index (κ3) is 46.7. The van der Waals surface area contributed by atoms with E-state index in [9.17, 15) is 38.4 Å². The molecule has 1 aromatic rings. The van der Waals surface area contributed by atoms with Crippen LogP contribution in [0.4, 0.5) is 0 Å². The Morgan fingerprint density at radius 1 is 0.323 bits per heavy atom. The Bertz CT molecular complexity index is 3700. The zero-order valence-corrected chi connectivity index (χ0v) is 84.1. The summed E-state index contributed by atoms with van der Waals surface area (Å²) in [5.74, 6) is -1.64. The molecule has 8 saturated heterocycles. The van der Waals surface area contributed by atoms with Crippen molar-refractivity contribution in [2.45, 2.75) is 195 Å². The van der Waals surface area contributed by atoms with E-state index in [1.165, 1.54) is 6.08 Å². The number of carbonyl (C=O) groups is 8. The Balaban J connectivity index is 0.000000517. The maximum atomic E-state index is 11.4. The maximum absolute atomic E-state index is 11.4. The van der Waals surface area contributed by atoms with Crippen LogP contribution < -0.4 is 9.47 Å². The number of hydrogen-bond donors (Lipinski definition) is 0. The Morgan fingerprint density at radius 3 is 0.970 bits per heavy atom. The lowest BCUT2D eigenvalue weighted by Gasteiger charge is -2.41. The monoisotopic (exact) mass is 1890 g/mol. The summed E-state index contributed by atoms with van der Waals surface area (Å²) in [6.07, 6.45) is 9.15. The lowest BCUT2D eigenvalue weighted by atomic mass is 9.84. The fraction of sp³-hybridized carbons (Fsp3) is 0.706. The predicted molar refractivity (Wildman–Crippen MR) is 504 cm³/mol. The van der Waals surface area contributed by atoms with Crippen molar-refractivity contribution in [1.29, 1.82) is 0 Å². The highest BCUT2D eigenvalue weighted by Gasteiger charge is 2.44. The van der Waals surface area contributed by atoms with Crippen LogP contribution in [0.25, 0.3) is 0 Å². The zero-order valence-electron chi connectivity index (χ0n) is 84.1. The molecule has 0 aromatic heterocycles. The third-order valence-electron chi connectivity index (χ3n) is 23.5. The fourth-order valence-electron chi connectivity index (χ4n) is 11.7. The standard InChI is InChI=1S/C16H20O4.C15H26O4.C14H24O5.2C13H22O4.C12H20O4.C10H16O3.C9H14O3/c1-4-16(9-18-10-16)11-19-13-5-7-14(8-6-13)20-15(17)12(2)3;1-6-15(10-18-11-15)9-17-7-14(4,5)8-19-13(16)12(2)3;1-4-14(10-18-11-14)9-17-6-5-16-7-8-19-13(15)12(2)3;1-5-13(7-15-8-13)9-17-11(4)6-16-12(14)10(2)3;1-5-13(8-16-9-13)7-15-6-11(4)17-12(14)10(2)3;1-4-12(8-15-9-12)7-14-5-6-16-11(13)10(2)3;1-4-10(5-12-6-10)7-13-9(11)8(2)3;1-3-8(10)12-7-9(4-2)5-11-6-9/h5-8H,2,4,9-11H2,1,3H3;2,6-11H2,1,3-5H3;2,4-11H2,1,3H3;2*11H,2,5-9H2,1,3-4H3;2,4-9H2,1,3H3;2,4-7H2,1,3H3;3H,1,4-7H2,2H3. The van der Waals surface area contributed by atoms with Crippen molar-refractivity contribution in [3.05, 3.63) is 122 Å². The van der Waals surface area contributed by atoms with Crippen LogP contribution in [0, 0.1) is 48.7 Å². The summed E-state index contributed by atoms with van der Waals surface area (Å²) in [4.78, 5) is 89.0. The number of ether oxygens (including phenoxy) is 23. The minimum absolute atomic E-state index is 0.0745. The van der Waals surface area contributed by atoms with Gasteiger partial charge in [0.25, 0.3) is 0 Å². The van der Waals surface area contributed by atoms with Crippen molar-refractivity contribution in [3.63, 3.8) is 0 Å². The molecule has 2 atom stereocenters. The van der Waals surface area contributed by atoms with E-state index in [2.05, 4.69) is 108 Å². The van der Waals surface area contributed by atoms with Crippen LogP contribution in [-0.2, 0) is 138 Å². The van der Waals surface area contributed by atoms with E-state index >= 15 is 0 Å². The van der Waals surface area contributed by atoms with Crippen molar-refractivity contribution >= 4 is 47.8 Å². The zero-order chi connectivity index (χ0) is 100.0. The maximum Gasteiger partial charge on any atom is 0.338 e. The summed E-state index contributed by atoms with van der Waals surface area (Å²) in [5.41, 5.74) is 3.97. The molecule has 8 aliphatic heterocycles. The van der Waals surface area contributed by atoms with E-state index in [0.717, 1.165) is 143 Å². The van der Waals surface area contributed by atoms with Gasteiger partial charge in [-0.3, -0.25) is 0 Å². The summed E-state index contributed by atoms with van der Waals surface area (Å²) in [6, 6.07) is 7.02. The molecule has 0 spiro atoms. The molecule has 0 bridgehead atoms. The number of rotatable bonds is 53. The molecular formula is C102H164O31. The Kier molecular flexibility index (Phi) is 57.2. The van der Waals surface area contributed by atoms with E-state index in [0.29, 0.717) is 164 Å². The second-order valence-electron chi connectivity index (χ2n) is 37.4. The molecular weight excluding hydrogens is 1720 g/mol. The summed E-state index contributed by atoms with van der Waals surface area (Å²) < 4.78 is 121. The topological polar surface area (TPSA) is 349 Å². The van der Waals surface area contributed by atoms with Gasteiger partial charge >= 0.3 is 47.8 Å². The van der Waals surface area contributed by atoms with Gasteiger partial charge in [0.15, 0.2) is 0 Å². The van der Waals surface area contributed by atoms with Gasteiger partial charge in [0.1, 0.15) is 50.6 Å². The van der Waals surface area contributed by atoms with Crippen LogP contribution in [0.3, 0.4) is 0 Å². The van der Waals surface area contributed by atoms with Crippen LogP contribution in [0.15, 0.2) is 122 Å². The molecule has 31 heteroatoms. The van der Waals surface area contributed by atoms with Gasteiger partial charge in [-0.1, -0.05) is 122 Å². The molecule has 0 amide bonds. The first-order valence-electron chi connectivity index (χ1n) is 46.4. The van der Waals surface area contributed by atoms with Gasteiger partial charge < -0.3 is 109 Å². The SMILES string of the molecule is C=C(C)C(=O)OC(C)COCC1(CC)COC1.C=C(C)C(=O)OCC(C)(C)COCC1(CC)COC1.C=C(C)C(=O)OCC(C)OCC1(CC)COC1.C=C(C)C(=O)OCC1(CC)COC1.C=C(C)C(=O)OCCOCC1(CC)COC1.C=C(C)C(=O)OCCOCCOCC1(CC)COC1.C=C(C)C(=O)Oc1ccc(OCC2(CC)COC2)cc1.C=CC(=O)OCC1(CC)COC1. The molecule has 133 heavy (non-hydrogen) atoms. The molecule has 9 rings (SSSR count). The van der Waals surface area contributed by atoms with Crippen LogP contribution in [0.5, 0.6) is 11.5 Å². The number of hydrogen-bond acceptors (Lipinski definition) is 31. The van der Waals surface area contributed by atoms with E-state index < -0.39 is 5.97 Å². The number of benzene rings is 1. The van der Waals surface area contributed by atoms with Crippen molar-refractivity contribution in [3.8, 4) is 11.5 Å². The number of carbonyl (C=O) groups excluding carboxylic acids is 8. The lowest BCUT2D eigenvalue weighted by molar-refractivity contribution is -0.167. The highest BCUT2D eigenvalue weighted by Crippen LogP contribution is 2.38. The van der Waals surface area contributed by atoms with E-state index in [-0.39, 0.29) is 123 Å². The van der Waals surface area contributed by atoms with Gasteiger partial charge in [-0.05, 0) is 138 Å². The van der Waals surface area contributed by atoms with Gasteiger partial charge in [-0.25, -0.2) is 38.4 Å². The molecule has 0 radical (unpaired) electrons. The van der Waals surface area contributed by atoms with Crippen LogP contribution >= 0.6 is 0 Å². The first-order chi connectivity index (χ1) is 62.8. The van der Waals surface area contributed by atoms with E-state index in [1.54, 1.807) is 72.7 Å². The molecule has 8 fully saturated rings. The summed E-state index contributed by atoms with van der Waals surface area (Å²) in [5, 5.41) is 0. The van der Waals surface area contributed by atoms with Crippen LogP contribution in [-0.4, -0.2) is 285 Å². The molecule has 8 heterocycles. The van der Waals surface area contributed by atoms with Crippen molar-refractivity contribution in [2.75, 3.05) is 225 Å². The molecule has 8 aliphatic rings.